The van der Waals surface area contributed by atoms with Crippen LogP contribution in [-0.2, 0) is 47.7 Å². The van der Waals surface area contributed by atoms with Crippen molar-refractivity contribution in [1.29, 1.82) is 5.26 Å². The van der Waals surface area contributed by atoms with Crippen molar-refractivity contribution in [2.24, 2.45) is 4.99 Å². The number of carbonyl (C=O) groups excluding carboxylic acids is 5. The number of unbranched alkanes of at least 4 members (excludes halogenated alkanes) is 1. The summed E-state index contributed by atoms with van der Waals surface area (Å²) < 4.78 is 24.7. The lowest BCUT2D eigenvalue weighted by Gasteiger charge is -2.18. The molecule has 1 atom stereocenters. The molecule has 0 aromatic rings. The smallest absolute Gasteiger partial charge is 0.333 e. The molecule has 0 aromatic heterocycles. The highest BCUT2D eigenvalue weighted by atomic mass is 16.6. The van der Waals surface area contributed by atoms with Crippen molar-refractivity contribution in [3.63, 3.8) is 0 Å². The van der Waals surface area contributed by atoms with E-state index in [2.05, 4.69) is 22.9 Å². The van der Waals surface area contributed by atoms with Crippen molar-refractivity contribution >= 4 is 30.0 Å². The number of ether oxygens (including phenoxy) is 5. The van der Waals surface area contributed by atoms with Crippen molar-refractivity contribution in [3.8, 4) is 6.26 Å². The van der Waals surface area contributed by atoms with E-state index in [4.69, 9.17) is 24.2 Å². The average Bonchev–Trinajstić information content (AvgIpc) is 2.81. The lowest BCUT2D eigenvalue weighted by Crippen LogP contribution is -2.31. The van der Waals surface area contributed by atoms with Crippen LogP contribution in [0.25, 0.3) is 0 Å². The highest BCUT2D eigenvalue weighted by Crippen LogP contribution is 2.09. The van der Waals surface area contributed by atoms with Crippen LogP contribution in [-0.4, -0.2) is 68.5 Å². The minimum Gasteiger partial charge on any atom is -0.464 e. The number of nitrogens with zero attached hydrogens (tertiary/aromatic N) is 2. The lowest BCUT2D eigenvalue weighted by molar-refractivity contribution is -0.164. The van der Waals surface area contributed by atoms with E-state index in [0.29, 0.717) is 12.8 Å². The molecule has 12 nitrogen and oxygen atoms in total. The Labute approximate surface area is 203 Å². The fourth-order valence-corrected chi connectivity index (χ4v) is 2.29. The van der Waals surface area contributed by atoms with Gasteiger partial charge in [0.2, 0.25) is 6.08 Å². The van der Waals surface area contributed by atoms with Crippen LogP contribution in [0.1, 0.15) is 46.0 Å². The van der Waals surface area contributed by atoms with Crippen LogP contribution in [0.3, 0.4) is 0 Å². The monoisotopic (exact) mass is 494 g/mol. The van der Waals surface area contributed by atoms with Crippen LogP contribution in [0, 0.1) is 11.5 Å². The van der Waals surface area contributed by atoms with Crippen LogP contribution in [0.5, 0.6) is 0 Å². The molecular weight excluding hydrogens is 464 g/mol. The van der Waals surface area contributed by atoms with Gasteiger partial charge in [-0.05, 0) is 39.5 Å². The number of nitriles is 1. The summed E-state index contributed by atoms with van der Waals surface area (Å²) in [5, 5.41) is 8.30. The molecule has 0 bridgehead atoms. The van der Waals surface area contributed by atoms with E-state index in [0.717, 1.165) is 0 Å². The molecule has 0 amide bonds. The van der Waals surface area contributed by atoms with Gasteiger partial charge in [0.25, 0.3) is 6.26 Å². The second kappa shape index (κ2) is 18.5. The number of isocyanates is 1. The van der Waals surface area contributed by atoms with Gasteiger partial charge in [-0.1, -0.05) is 13.2 Å². The minimum atomic E-state index is -1.06. The SMILES string of the molecule is C=C(C)C(=O)OCC(COC(=O)C(=C)C)OC(=O)CCCOC(=O)C(CCCCOC#N)N=C=O. The highest BCUT2D eigenvalue weighted by Gasteiger charge is 2.21. The van der Waals surface area contributed by atoms with Gasteiger partial charge in [0.1, 0.15) is 19.8 Å². The first-order chi connectivity index (χ1) is 16.6. The molecule has 192 valence electrons. The van der Waals surface area contributed by atoms with Crippen LogP contribution in [0.2, 0.25) is 0 Å². The summed E-state index contributed by atoms with van der Waals surface area (Å²) in [5.74, 6) is -2.86. The second-order valence-corrected chi connectivity index (χ2v) is 7.31. The van der Waals surface area contributed by atoms with Crippen molar-refractivity contribution in [3.05, 3.63) is 24.3 Å². The van der Waals surface area contributed by atoms with Gasteiger partial charge in [0.15, 0.2) is 12.1 Å². The van der Waals surface area contributed by atoms with E-state index in [9.17, 15) is 24.0 Å². The quantitative estimate of drug-likeness (QED) is 0.0518. The summed E-state index contributed by atoms with van der Waals surface area (Å²) in [7, 11) is 0. The fraction of sp³-hybridized carbons (Fsp3) is 0.565. The van der Waals surface area contributed by atoms with E-state index in [-0.39, 0.29) is 56.8 Å². The Morgan fingerprint density at radius 1 is 0.914 bits per heavy atom. The largest absolute Gasteiger partial charge is 0.464 e. The summed E-state index contributed by atoms with van der Waals surface area (Å²) in [6.45, 7) is 9.09. The summed E-state index contributed by atoms with van der Waals surface area (Å²) in [6.07, 6.45) is 2.89. The van der Waals surface area contributed by atoms with Gasteiger partial charge >= 0.3 is 23.9 Å². The summed E-state index contributed by atoms with van der Waals surface area (Å²) in [6, 6.07) is -1.04. The van der Waals surface area contributed by atoms with Crippen molar-refractivity contribution in [2.75, 3.05) is 26.4 Å². The Hall–Kier alpha value is -3.97. The zero-order valence-corrected chi connectivity index (χ0v) is 19.9. The Morgan fingerprint density at radius 3 is 2.03 bits per heavy atom. The fourth-order valence-electron chi connectivity index (χ4n) is 2.29. The highest BCUT2D eigenvalue weighted by molar-refractivity contribution is 5.87. The van der Waals surface area contributed by atoms with Gasteiger partial charge < -0.3 is 23.7 Å². The maximum atomic E-state index is 12.1. The normalized spacial score (nSPS) is 10.7. The van der Waals surface area contributed by atoms with Crippen LogP contribution in [0.15, 0.2) is 29.3 Å². The second-order valence-electron chi connectivity index (χ2n) is 7.31. The number of rotatable bonds is 18. The third-order valence-corrected chi connectivity index (χ3v) is 4.08. The Balaban J connectivity index is 4.57. The number of hydrogen-bond acceptors (Lipinski definition) is 12. The molecule has 0 heterocycles. The molecule has 12 heteroatoms. The van der Waals surface area contributed by atoms with Crippen molar-refractivity contribution in [1.82, 2.24) is 0 Å². The maximum absolute atomic E-state index is 12.1. The first kappa shape index (κ1) is 31.0. The van der Waals surface area contributed by atoms with Crippen LogP contribution in [0.4, 0.5) is 0 Å². The summed E-state index contributed by atoms with van der Waals surface area (Å²) in [5.41, 5.74) is 0.284. The predicted octanol–water partition coefficient (Wildman–Crippen LogP) is 1.83. The van der Waals surface area contributed by atoms with Gasteiger partial charge in [-0.2, -0.15) is 10.3 Å². The van der Waals surface area contributed by atoms with Gasteiger partial charge in [-0.25, -0.2) is 19.2 Å². The maximum Gasteiger partial charge on any atom is 0.333 e. The third-order valence-electron chi connectivity index (χ3n) is 4.08. The molecule has 0 fully saturated rings. The van der Waals surface area contributed by atoms with Crippen molar-refractivity contribution < 1.29 is 47.7 Å². The first-order valence-corrected chi connectivity index (χ1v) is 10.7. The summed E-state index contributed by atoms with van der Waals surface area (Å²) >= 11 is 0. The molecular formula is C23H30N2O10. The van der Waals surface area contributed by atoms with Crippen molar-refractivity contribution in [2.45, 2.75) is 58.1 Å². The Bertz CT molecular complexity index is 825. The standard InChI is InChI=1S/C23H30N2O10/c1-16(2)21(28)33-12-18(13-34-22(29)17(3)4)35-20(27)9-7-11-32-23(30)19(25-15-26)8-5-6-10-31-14-24/h18-19H,1,3,5-13H2,2,4H3. The minimum absolute atomic E-state index is 0.0991. The van der Waals surface area contributed by atoms with E-state index < -0.39 is 36.0 Å². The molecule has 0 saturated carbocycles. The molecule has 35 heavy (non-hydrogen) atoms. The number of carbonyl (C=O) groups is 4. The molecule has 0 rings (SSSR count). The van der Waals surface area contributed by atoms with Gasteiger partial charge in [0, 0.05) is 17.6 Å². The van der Waals surface area contributed by atoms with Gasteiger partial charge in [0.05, 0.1) is 6.61 Å². The van der Waals surface area contributed by atoms with E-state index in [1.807, 2.05) is 0 Å². The number of hydrogen-bond donors (Lipinski definition) is 0. The molecule has 0 N–H and O–H groups in total. The lowest BCUT2D eigenvalue weighted by atomic mass is 10.1. The first-order valence-electron chi connectivity index (χ1n) is 10.7. The predicted molar refractivity (Wildman–Crippen MR) is 119 cm³/mol. The molecule has 0 radical (unpaired) electrons. The average molecular weight is 494 g/mol. The molecule has 0 aliphatic rings. The molecule has 0 aliphatic heterocycles. The van der Waals surface area contributed by atoms with E-state index in [1.165, 1.54) is 26.2 Å². The van der Waals surface area contributed by atoms with E-state index >= 15 is 0 Å². The zero-order chi connectivity index (χ0) is 26.6. The van der Waals surface area contributed by atoms with E-state index in [1.54, 1.807) is 0 Å². The molecule has 1 unspecified atom stereocenters. The topological polar surface area (TPSA) is 168 Å². The molecule has 0 spiro atoms. The number of esters is 4. The third kappa shape index (κ3) is 15.5. The van der Waals surface area contributed by atoms with Gasteiger partial charge in [-0.15, -0.1) is 0 Å². The Kier molecular flexibility index (Phi) is 16.4. The van der Waals surface area contributed by atoms with Crippen LogP contribution >= 0.6 is 0 Å². The molecule has 0 aliphatic carbocycles. The zero-order valence-electron chi connectivity index (χ0n) is 19.9. The Morgan fingerprint density at radius 2 is 1.51 bits per heavy atom. The summed E-state index contributed by atoms with van der Waals surface area (Å²) in [4.78, 5) is 61.3. The van der Waals surface area contributed by atoms with Gasteiger partial charge in [-0.3, -0.25) is 4.79 Å². The van der Waals surface area contributed by atoms with Crippen LogP contribution < -0.4 is 0 Å². The number of aliphatic imine (C=N–C) groups is 1. The molecule has 0 aromatic carbocycles. The molecule has 0 saturated heterocycles.